The molecule has 0 bridgehead atoms. The summed E-state index contributed by atoms with van der Waals surface area (Å²) in [6.45, 7) is 1.43. The van der Waals surface area contributed by atoms with Gasteiger partial charge in [0.2, 0.25) is 5.91 Å². The summed E-state index contributed by atoms with van der Waals surface area (Å²) in [6.07, 6.45) is 6.27. The first-order valence-electron chi connectivity index (χ1n) is 9.72. The smallest absolute Gasteiger partial charge is 0.256 e. The zero-order valence-corrected chi connectivity index (χ0v) is 16.8. The summed E-state index contributed by atoms with van der Waals surface area (Å²) in [5.41, 5.74) is 1.71. The van der Waals surface area contributed by atoms with Gasteiger partial charge in [-0.05, 0) is 37.0 Å². The number of hydrogen-bond acceptors (Lipinski definition) is 4. The van der Waals surface area contributed by atoms with Gasteiger partial charge in [-0.3, -0.25) is 9.59 Å². The standard InChI is InChI=1S/C23H26N2O4/c1-28-20-15-18(23(27)25-13-7-4-8-14-25)19(16-21(20)29-2)24-22(26)12-11-17-9-5-3-6-10-17/h3,5-6,9-12,15-16H,4,7-8,13-14H2,1-2H3,(H,24,26). The quantitative estimate of drug-likeness (QED) is 0.753. The van der Waals surface area contributed by atoms with Crippen molar-refractivity contribution in [3.8, 4) is 11.5 Å². The van der Waals surface area contributed by atoms with Crippen LogP contribution in [0.15, 0.2) is 48.5 Å². The van der Waals surface area contributed by atoms with Crippen LogP contribution in [0.4, 0.5) is 5.69 Å². The van der Waals surface area contributed by atoms with E-state index in [-0.39, 0.29) is 11.8 Å². The van der Waals surface area contributed by atoms with Crippen molar-refractivity contribution < 1.29 is 19.1 Å². The topological polar surface area (TPSA) is 67.9 Å². The third-order valence-electron chi connectivity index (χ3n) is 4.88. The third-order valence-corrected chi connectivity index (χ3v) is 4.88. The molecular weight excluding hydrogens is 368 g/mol. The molecule has 0 spiro atoms. The van der Waals surface area contributed by atoms with Crippen LogP contribution in [0.2, 0.25) is 0 Å². The summed E-state index contributed by atoms with van der Waals surface area (Å²) in [4.78, 5) is 27.4. The van der Waals surface area contributed by atoms with Crippen LogP contribution < -0.4 is 14.8 Å². The molecule has 1 fully saturated rings. The molecule has 6 nitrogen and oxygen atoms in total. The van der Waals surface area contributed by atoms with Gasteiger partial charge in [0.05, 0.1) is 25.5 Å². The zero-order valence-electron chi connectivity index (χ0n) is 16.8. The molecule has 1 N–H and O–H groups in total. The molecule has 3 rings (SSSR count). The Kier molecular flexibility index (Phi) is 6.89. The van der Waals surface area contributed by atoms with Crippen molar-refractivity contribution in [2.45, 2.75) is 19.3 Å². The second-order valence-corrected chi connectivity index (χ2v) is 6.84. The number of amides is 2. The van der Waals surface area contributed by atoms with Crippen LogP contribution in [0.25, 0.3) is 6.08 Å². The van der Waals surface area contributed by atoms with Gasteiger partial charge in [0.15, 0.2) is 11.5 Å². The summed E-state index contributed by atoms with van der Waals surface area (Å²) in [5, 5.41) is 2.82. The van der Waals surface area contributed by atoms with Gasteiger partial charge in [0.1, 0.15) is 0 Å². The second-order valence-electron chi connectivity index (χ2n) is 6.84. The van der Waals surface area contributed by atoms with Gasteiger partial charge in [-0.2, -0.15) is 0 Å². The van der Waals surface area contributed by atoms with Gasteiger partial charge >= 0.3 is 0 Å². The van der Waals surface area contributed by atoms with Crippen molar-refractivity contribution in [1.29, 1.82) is 0 Å². The summed E-state index contributed by atoms with van der Waals surface area (Å²) in [5.74, 6) is 0.456. The van der Waals surface area contributed by atoms with E-state index in [9.17, 15) is 9.59 Å². The number of piperidine rings is 1. The Bertz CT molecular complexity index is 887. The fraction of sp³-hybridized carbons (Fsp3) is 0.304. The second kappa shape index (κ2) is 9.78. The number of nitrogens with zero attached hydrogens (tertiary/aromatic N) is 1. The summed E-state index contributed by atoms with van der Waals surface area (Å²) < 4.78 is 10.7. The number of hydrogen-bond donors (Lipinski definition) is 1. The van der Waals surface area contributed by atoms with Crippen LogP contribution in [0, 0.1) is 0 Å². The maximum atomic E-state index is 13.1. The lowest BCUT2D eigenvalue weighted by molar-refractivity contribution is -0.111. The van der Waals surface area contributed by atoms with E-state index in [0.29, 0.717) is 35.8 Å². The van der Waals surface area contributed by atoms with Crippen LogP contribution >= 0.6 is 0 Å². The van der Waals surface area contributed by atoms with Crippen molar-refractivity contribution in [3.63, 3.8) is 0 Å². The average molecular weight is 394 g/mol. The maximum absolute atomic E-state index is 13.1. The molecular formula is C23H26N2O4. The van der Waals surface area contributed by atoms with Crippen LogP contribution in [-0.2, 0) is 4.79 Å². The van der Waals surface area contributed by atoms with E-state index in [4.69, 9.17) is 9.47 Å². The van der Waals surface area contributed by atoms with Crippen LogP contribution in [-0.4, -0.2) is 44.0 Å². The summed E-state index contributed by atoms with van der Waals surface area (Å²) >= 11 is 0. The van der Waals surface area contributed by atoms with Gasteiger partial charge in [-0.15, -0.1) is 0 Å². The molecule has 1 heterocycles. The molecule has 29 heavy (non-hydrogen) atoms. The Morgan fingerprint density at radius 1 is 0.966 bits per heavy atom. The van der Waals surface area contributed by atoms with Crippen LogP contribution in [0.1, 0.15) is 35.2 Å². The lowest BCUT2D eigenvalue weighted by Gasteiger charge is -2.28. The molecule has 0 radical (unpaired) electrons. The Morgan fingerprint density at radius 2 is 1.62 bits per heavy atom. The van der Waals surface area contributed by atoms with Crippen LogP contribution in [0.3, 0.4) is 0 Å². The Labute approximate surface area is 171 Å². The first kappa shape index (κ1) is 20.5. The van der Waals surface area contributed by atoms with Gasteiger partial charge in [0.25, 0.3) is 5.91 Å². The molecule has 2 aromatic carbocycles. The molecule has 0 aliphatic carbocycles. The van der Waals surface area contributed by atoms with E-state index < -0.39 is 0 Å². The SMILES string of the molecule is COc1cc(NC(=O)C=Cc2ccccc2)c(C(=O)N2CCCCC2)cc1OC. The van der Waals surface area contributed by atoms with Gasteiger partial charge in [-0.1, -0.05) is 30.3 Å². The number of nitrogens with one attached hydrogen (secondary N) is 1. The Hall–Kier alpha value is -3.28. The van der Waals surface area contributed by atoms with Gasteiger partial charge in [-0.25, -0.2) is 0 Å². The number of benzene rings is 2. The summed E-state index contributed by atoms with van der Waals surface area (Å²) in [7, 11) is 3.04. The Balaban J connectivity index is 1.87. The first-order chi connectivity index (χ1) is 14.1. The zero-order chi connectivity index (χ0) is 20.6. The maximum Gasteiger partial charge on any atom is 0.256 e. The molecule has 0 saturated carbocycles. The van der Waals surface area contributed by atoms with Crippen LogP contribution in [0.5, 0.6) is 11.5 Å². The molecule has 2 amide bonds. The van der Waals surface area contributed by atoms with E-state index in [0.717, 1.165) is 24.8 Å². The number of methoxy groups -OCH3 is 2. The highest BCUT2D eigenvalue weighted by atomic mass is 16.5. The van der Waals surface area contributed by atoms with Gasteiger partial charge in [0, 0.05) is 25.2 Å². The van der Waals surface area contributed by atoms with E-state index in [1.165, 1.54) is 20.3 Å². The average Bonchev–Trinajstić information content (AvgIpc) is 2.78. The first-order valence-corrected chi connectivity index (χ1v) is 9.72. The number of ether oxygens (including phenoxy) is 2. The monoisotopic (exact) mass is 394 g/mol. The van der Waals surface area contributed by atoms with Crippen molar-refractivity contribution >= 4 is 23.6 Å². The van der Waals surface area contributed by atoms with E-state index in [1.807, 2.05) is 35.2 Å². The lowest BCUT2D eigenvalue weighted by Crippen LogP contribution is -2.36. The van der Waals surface area contributed by atoms with Crippen molar-refractivity contribution in [2.24, 2.45) is 0 Å². The van der Waals surface area contributed by atoms with E-state index >= 15 is 0 Å². The van der Waals surface area contributed by atoms with Crippen molar-refractivity contribution in [2.75, 3.05) is 32.6 Å². The third kappa shape index (κ3) is 5.16. The predicted molar refractivity (Wildman–Crippen MR) is 113 cm³/mol. The molecule has 2 aromatic rings. The Morgan fingerprint density at radius 3 is 2.28 bits per heavy atom. The van der Waals surface area contributed by atoms with Gasteiger partial charge < -0.3 is 19.7 Å². The highest BCUT2D eigenvalue weighted by molar-refractivity contribution is 6.08. The molecule has 0 aromatic heterocycles. The minimum Gasteiger partial charge on any atom is -0.493 e. The summed E-state index contributed by atoms with van der Waals surface area (Å²) in [6, 6.07) is 12.8. The number of carbonyl (C=O) groups is 2. The highest BCUT2D eigenvalue weighted by Crippen LogP contribution is 2.34. The predicted octanol–water partition coefficient (Wildman–Crippen LogP) is 3.98. The minimum atomic E-state index is -0.325. The van der Waals surface area contributed by atoms with E-state index in [2.05, 4.69) is 5.32 Å². The molecule has 0 atom stereocenters. The molecule has 1 aliphatic heterocycles. The van der Waals surface area contributed by atoms with E-state index in [1.54, 1.807) is 18.2 Å². The molecule has 1 saturated heterocycles. The number of likely N-dealkylation sites (tertiary alicyclic amines) is 1. The molecule has 1 aliphatic rings. The largest absolute Gasteiger partial charge is 0.493 e. The lowest BCUT2D eigenvalue weighted by atomic mass is 10.1. The highest BCUT2D eigenvalue weighted by Gasteiger charge is 2.23. The molecule has 6 heteroatoms. The fourth-order valence-electron chi connectivity index (χ4n) is 3.34. The molecule has 0 unspecified atom stereocenters. The minimum absolute atomic E-state index is 0.118. The number of anilines is 1. The van der Waals surface area contributed by atoms with Crippen molar-refractivity contribution in [3.05, 3.63) is 59.7 Å². The number of rotatable bonds is 6. The molecule has 152 valence electrons. The number of carbonyl (C=O) groups excluding carboxylic acids is 2. The normalized spacial score (nSPS) is 13.9. The van der Waals surface area contributed by atoms with Crippen molar-refractivity contribution in [1.82, 2.24) is 4.90 Å². The fourth-order valence-corrected chi connectivity index (χ4v) is 3.34.